The number of aliphatic hydroxyl groups excluding tert-OH is 2. The van der Waals surface area contributed by atoms with Crippen molar-refractivity contribution in [2.45, 2.75) is 44.8 Å². The zero-order valence-corrected chi connectivity index (χ0v) is 14.9. The van der Waals surface area contributed by atoms with Gasteiger partial charge in [-0.1, -0.05) is 15.9 Å². The minimum atomic E-state index is -4.59. The molecule has 2 unspecified atom stereocenters. The minimum absolute atomic E-state index is 0.110. The van der Waals surface area contributed by atoms with Crippen LogP contribution in [-0.4, -0.2) is 34.6 Å². The first-order valence-corrected chi connectivity index (χ1v) is 7.79. The number of hydrogen-bond acceptors (Lipinski definition) is 4. The molecular weight excluding hydrogens is 395 g/mol. The molecular formula is C15H19BrF3NO4. The first-order chi connectivity index (χ1) is 10.8. The molecule has 1 aromatic rings. The molecule has 0 heterocycles. The Balaban J connectivity index is 2.77. The fraction of sp³-hybridized carbons (Fsp3) is 0.533. The lowest BCUT2D eigenvalue weighted by Crippen LogP contribution is -2.38. The lowest BCUT2D eigenvalue weighted by atomic mass is 10.0. The molecule has 1 aromatic carbocycles. The maximum Gasteiger partial charge on any atom is 0.416 e. The Labute approximate surface area is 145 Å². The number of benzene rings is 1. The van der Waals surface area contributed by atoms with E-state index < -0.39 is 35.6 Å². The van der Waals surface area contributed by atoms with Crippen LogP contribution in [0.5, 0.6) is 0 Å². The number of alkyl carbamates (subject to hydrolysis) is 1. The second kappa shape index (κ2) is 7.71. The predicted octanol–water partition coefficient (Wildman–Crippen LogP) is 3.39. The molecule has 5 nitrogen and oxygen atoms in total. The van der Waals surface area contributed by atoms with E-state index in [9.17, 15) is 28.2 Å². The Morgan fingerprint density at radius 2 is 1.83 bits per heavy atom. The number of hydrogen-bond donors (Lipinski definition) is 3. The number of amides is 1. The van der Waals surface area contributed by atoms with Crippen molar-refractivity contribution in [2.24, 2.45) is 0 Å². The van der Waals surface area contributed by atoms with Gasteiger partial charge in [-0.25, -0.2) is 4.79 Å². The Morgan fingerprint density at radius 1 is 1.25 bits per heavy atom. The normalized spacial score (nSPS) is 14.9. The first-order valence-electron chi connectivity index (χ1n) is 7.00. The number of aliphatic hydroxyl groups is 2. The van der Waals surface area contributed by atoms with Crippen molar-refractivity contribution < 1.29 is 32.9 Å². The molecule has 24 heavy (non-hydrogen) atoms. The molecule has 3 N–H and O–H groups in total. The predicted molar refractivity (Wildman–Crippen MR) is 84.3 cm³/mol. The van der Waals surface area contributed by atoms with Gasteiger partial charge in [0.1, 0.15) is 17.8 Å². The highest BCUT2D eigenvalue weighted by molar-refractivity contribution is 9.10. The largest absolute Gasteiger partial charge is 0.444 e. The molecule has 0 saturated heterocycles. The number of carbonyl (C=O) groups is 1. The molecule has 136 valence electrons. The number of carbonyl (C=O) groups excluding carboxylic acids is 1. The maximum atomic E-state index is 12.8. The molecule has 0 saturated carbocycles. The summed E-state index contributed by atoms with van der Waals surface area (Å²) < 4.78 is 43.4. The van der Waals surface area contributed by atoms with Gasteiger partial charge in [0.05, 0.1) is 5.56 Å². The van der Waals surface area contributed by atoms with Crippen LogP contribution < -0.4 is 5.32 Å². The number of alkyl halides is 3. The van der Waals surface area contributed by atoms with Crippen molar-refractivity contribution in [3.05, 3.63) is 33.8 Å². The van der Waals surface area contributed by atoms with Crippen molar-refractivity contribution >= 4 is 22.0 Å². The molecule has 1 rings (SSSR count). The third kappa shape index (κ3) is 6.66. The van der Waals surface area contributed by atoms with E-state index in [0.717, 1.165) is 12.1 Å². The highest BCUT2D eigenvalue weighted by Gasteiger charge is 2.32. The van der Waals surface area contributed by atoms with Crippen LogP contribution in [0.3, 0.4) is 0 Å². The molecule has 0 aliphatic heterocycles. The van der Waals surface area contributed by atoms with E-state index in [0.29, 0.717) is 0 Å². The smallest absolute Gasteiger partial charge is 0.416 e. The molecule has 0 fully saturated rings. The van der Waals surface area contributed by atoms with Crippen molar-refractivity contribution in [2.75, 3.05) is 6.54 Å². The van der Waals surface area contributed by atoms with Crippen LogP contribution in [0.25, 0.3) is 0 Å². The van der Waals surface area contributed by atoms with Crippen LogP contribution in [0.15, 0.2) is 22.7 Å². The second-order valence-corrected chi connectivity index (χ2v) is 7.08. The average molecular weight is 414 g/mol. The van der Waals surface area contributed by atoms with E-state index in [1.807, 2.05) is 0 Å². The van der Waals surface area contributed by atoms with E-state index in [1.54, 1.807) is 20.8 Å². The summed E-state index contributed by atoms with van der Waals surface area (Å²) in [6.07, 6.45) is -8.51. The summed E-state index contributed by atoms with van der Waals surface area (Å²) in [5.41, 5.74) is -1.83. The topological polar surface area (TPSA) is 78.8 Å². The molecule has 0 spiro atoms. The van der Waals surface area contributed by atoms with Gasteiger partial charge < -0.3 is 20.3 Å². The van der Waals surface area contributed by atoms with E-state index >= 15 is 0 Å². The Hall–Kier alpha value is -1.32. The fourth-order valence-electron chi connectivity index (χ4n) is 1.78. The van der Waals surface area contributed by atoms with Gasteiger partial charge in [-0.15, -0.1) is 0 Å². The second-order valence-electron chi connectivity index (χ2n) is 6.17. The number of nitrogens with one attached hydrogen (secondary N) is 1. The summed E-state index contributed by atoms with van der Waals surface area (Å²) in [7, 11) is 0. The van der Waals surface area contributed by atoms with Gasteiger partial charge in [0, 0.05) is 11.0 Å². The lowest BCUT2D eigenvalue weighted by Gasteiger charge is -2.22. The van der Waals surface area contributed by atoms with Crippen LogP contribution in [0.1, 0.15) is 38.0 Å². The number of rotatable bonds is 4. The van der Waals surface area contributed by atoms with Crippen molar-refractivity contribution in [3.63, 3.8) is 0 Å². The summed E-state index contributed by atoms with van der Waals surface area (Å²) in [6.45, 7) is 4.57. The standard InChI is InChI=1S/C15H19BrF3NO4/c1-14(2,3)24-13(23)20-7-11(21)12(22)8-4-9(15(17,18)19)6-10(16)5-8/h4-6,11-12,21-22H,7H2,1-3H3,(H,20,23). The summed E-state index contributed by atoms with van der Waals surface area (Å²) in [5, 5.41) is 22.1. The molecule has 0 aliphatic carbocycles. The van der Waals surface area contributed by atoms with Gasteiger partial charge in [-0.3, -0.25) is 0 Å². The molecule has 0 bridgehead atoms. The molecule has 2 atom stereocenters. The van der Waals surface area contributed by atoms with Crippen molar-refractivity contribution in [1.82, 2.24) is 5.32 Å². The Bertz CT molecular complexity index is 587. The van der Waals surface area contributed by atoms with Crippen LogP contribution in [0.2, 0.25) is 0 Å². The third-order valence-corrected chi connectivity index (χ3v) is 3.27. The highest BCUT2D eigenvalue weighted by atomic mass is 79.9. The number of halogens is 4. The van der Waals surface area contributed by atoms with Crippen LogP contribution in [-0.2, 0) is 10.9 Å². The summed E-state index contributed by atoms with van der Waals surface area (Å²) in [5.74, 6) is 0. The van der Waals surface area contributed by atoms with Gasteiger partial charge in [-0.05, 0) is 44.5 Å². The van der Waals surface area contributed by atoms with Gasteiger partial charge in [0.15, 0.2) is 0 Å². The molecule has 0 aromatic heterocycles. The van der Waals surface area contributed by atoms with Gasteiger partial charge in [-0.2, -0.15) is 13.2 Å². The lowest BCUT2D eigenvalue weighted by molar-refractivity contribution is -0.137. The minimum Gasteiger partial charge on any atom is -0.444 e. The third-order valence-electron chi connectivity index (χ3n) is 2.81. The van der Waals surface area contributed by atoms with E-state index in [-0.39, 0.29) is 16.6 Å². The fourth-order valence-corrected chi connectivity index (χ4v) is 2.29. The van der Waals surface area contributed by atoms with E-state index in [1.165, 1.54) is 6.07 Å². The SMILES string of the molecule is CC(C)(C)OC(=O)NCC(O)C(O)c1cc(Br)cc(C(F)(F)F)c1. The Morgan fingerprint density at radius 3 is 2.33 bits per heavy atom. The zero-order valence-electron chi connectivity index (χ0n) is 13.3. The van der Waals surface area contributed by atoms with Crippen molar-refractivity contribution in [1.29, 1.82) is 0 Å². The summed E-state index contributed by atoms with van der Waals surface area (Å²) in [4.78, 5) is 11.5. The molecule has 0 radical (unpaired) electrons. The molecule has 1 amide bonds. The van der Waals surface area contributed by atoms with Crippen LogP contribution in [0, 0.1) is 0 Å². The first kappa shape index (κ1) is 20.7. The summed E-state index contributed by atoms with van der Waals surface area (Å²) >= 11 is 2.94. The van der Waals surface area contributed by atoms with Gasteiger partial charge in [0.25, 0.3) is 0 Å². The molecule has 0 aliphatic rings. The Kier molecular flexibility index (Phi) is 6.66. The molecule has 9 heteroatoms. The zero-order chi connectivity index (χ0) is 18.7. The highest BCUT2D eigenvalue weighted by Crippen LogP contribution is 2.33. The number of ether oxygens (including phenoxy) is 1. The van der Waals surface area contributed by atoms with Crippen LogP contribution in [0.4, 0.5) is 18.0 Å². The van der Waals surface area contributed by atoms with Gasteiger partial charge in [0.2, 0.25) is 0 Å². The quantitative estimate of drug-likeness (QED) is 0.706. The maximum absolute atomic E-state index is 12.8. The summed E-state index contributed by atoms with van der Waals surface area (Å²) in [6, 6.07) is 2.87. The van der Waals surface area contributed by atoms with Gasteiger partial charge >= 0.3 is 12.3 Å². The van der Waals surface area contributed by atoms with E-state index in [2.05, 4.69) is 21.2 Å². The van der Waals surface area contributed by atoms with E-state index in [4.69, 9.17) is 4.74 Å². The average Bonchev–Trinajstić information content (AvgIpc) is 2.40. The monoisotopic (exact) mass is 413 g/mol. The van der Waals surface area contributed by atoms with Crippen LogP contribution >= 0.6 is 15.9 Å². The van der Waals surface area contributed by atoms with Crippen molar-refractivity contribution in [3.8, 4) is 0 Å².